The van der Waals surface area contributed by atoms with Gasteiger partial charge >= 0.3 is 0 Å². The highest BCUT2D eigenvalue weighted by Crippen LogP contribution is 2.21. The van der Waals surface area contributed by atoms with Crippen molar-refractivity contribution in [3.63, 3.8) is 0 Å². The minimum Gasteiger partial charge on any atom is -0.382 e. The van der Waals surface area contributed by atoms with Gasteiger partial charge < -0.3 is 23.3 Å². The second-order valence-corrected chi connectivity index (χ2v) is 13.3. The van der Waals surface area contributed by atoms with E-state index in [-0.39, 0.29) is 0 Å². The summed E-state index contributed by atoms with van der Waals surface area (Å²) >= 11 is 0. The Balaban J connectivity index is 0.000000529. The fraction of sp³-hybridized carbons (Fsp3) is 0.800. The van der Waals surface area contributed by atoms with Gasteiger partial charge in [-0.3, -0.25) is 0 Å². The Morgan fingerprint density at radius 2 is 1.35 bits per heavy atom. The molecule has 2 heterocycles. The second-order valence-electron chi connectivity index (χ2n) is 13.3. The van der Waals surface area contributed by atoms with Crippen LogP contribution in [0.4, 0.5) is 0 Å². The van der Waals surface area contributed by atoms with E-state index in [1.165, 1.54) is 18.5 Å². The molecule has 37 heavy (non-hydrogen) atoms. The second kappa shape index (κ2) is 18.5. The first kappa shape index (κ1) is 35.3. The topological polar surface area (TPSA) is 63.3 Å². The van der Waals surface area contributed by atoms with Gasteiger partial charge in [0, 0.05) is 45.9 Å². The van der Waals surface area contributed by atoms with Crippen molar-refractivity contribution in [3.8, 4) is 0 Å². The van der Waals surface area contributed by atoms with Gasteiger partial charge in [0.2, 0.25) is 0 Å². The van der Waals surface area contributed by atoms with E-state index >= 15 is 0 Å². The number of aromatic nitrogens is 4. The van der Waals surface area contributed by atoms with Crippen molar-refractivity contribution in [2.75, 3.05) is 40.1 Å². The molecule has 2 rings (SSSR count). The van der Waals surface area contributed by atoms with Crippen molar-refractivity contribution >= 4 is 0 Å². The van der Waals surface area contributed by atoms with Crippen LogP contribution in [0.3, 0.4) is 0 Å². The van der Waals surface area contributed by atoms with Gasteiger partial charge in [0.15, 0.2) is 0 Å². The van der Waals surface area contributed by atoms with Crippen molar-refractivity contribution in [1.82, 2.24) is 19.1 Å². The van der Waals surface area contributed by atoms with Crippen LogP contribution in [0.2, 0.25) is 0 Å². The number of imidazole rings is 2. The summed E-state index contributed by atoms with van der Waals surface area (Å²) in [7, 11) is 3.67. The third-order valence-corrected chi connectivity index (χ3v) is 5.17. The lowest BCUT2D eigenvalue weighted by Crippen LogP contribution is -2.13. The van der Waals surface area contributed by atoms with E-state index in [4.69, 9.17) is 14.2 Å². The molecule has 2 aromatic rings. The molecular formula is C30H58N4O3. The first-order chi connectivity index (χ1) is 17.1. The zero-order valence-electron chi connectivity index (χ0n) is 26.0. The number of aryl methyl sites for hydroxylation is 2. The summed E-state index contributed by atoms with van der Waals surface area (Å²) in [5.41, 5.74) is 2.34. The van der Waals surface area contributed by atoms with E-state index < -0.39 is 0 Å². The first-order valence-corrected chi connectivity index (χ1v) is 13.7. The molecule has 216 valence electrons. The van der Waals surface area contributed by atoms with Gasteiger partial charge in [-0.05, 0) is 41.9 Å². The molecule has 0 atom stereocenters. The Labute approximate surface area is 228 Å². The van der Waals surface area contributed by atoms with E-state index in [0.29, 0.717) is 42.7 Å². The van der Waals surface area contributed by atoms with E-state index in [2.05, 4.69) is 83.0 Å². The molecule has 0 aromatic carbocycles. The number of nitrogens with zero attached hydrogens (tertiary/aromatic N) is 4. The molecular weight excluding hydrogens is 464 g/mol. The molecule has 0 aliphatic heterocycles. The normalized spacial score (nSPS) is 12.0. The molecule has 0 aliphatic rings. The highest BCUT2D eigenvalue weighted by Gasteiger charge is 2.12. The zero-order valence-corrected chi connectivity index (χ0v) is 26.0. The number of rotatable bonds is 12. The van der Waals surface area contributed by atoms with E-state index in [0.717, 1.165) is 26.0 Å². The summed E-state index contributed by atoms with van der Waals surface area (Å²) < 4.78 is 19.6. The summed E-state index contributed by atoms with van der Waals surface area (Å²) in [5.74, 6) is 0. The Morgan fingerprint density at radius 3 is 1.81 bits per heavy atom. The number of methoxy groups -OCH3 is 1. The van der Waals surface area contributed by atoms with Gasteiger partial charge in [-0.2, -0.15) is 0 Å². The van der Waals surface area contributed by atoms with Crippen LogP contribution in [0.25, 0.3) is 0 Å². The average molecular weight is 523 g/mol. The molecule has 0 unspecified atom stereocenters. The van der Waals surface area contributed by atoms with Crippen LogP contribution in [0, 0.1) is 16.2 Å². The van der Waals surface area contributed by atoms with Gasteiger partial charge in [-0.1, -0.05) is 62.3 Å². The number of ether oxygens (including phenoxy) is 3. The summed E-state index contributed by atoms with van der Waals surface area (Å²) in [4.78, 5) is 8.26. The summed E-state index contributed by atoms with van der Waals surface area (Å²) in [6.45, 7) is 24.7. The van der Waals surface area contributed by atoms with E-state index in [1.54, 1.807) is 7.11 Å². The SMILES string of the molecule is CC(C)(C)CCCn1ccnc1.COCCOCCOCCC(C)(C)C.Cn1cnc(CC(C)(C)C)c1. The molecule has 0 spiro atoms. The van der Waals surface area contributed by atoms with Gasteiger partial charge in [-0.15, -0.1) is 0 Å². The molecule has 0 bridgehead atoms. The quantitative estimate of drug-likeness (QED) is 0.286. The van der Waals surface area contributed by atoms with Crippen LogP contribution < -0.4 is 0 Å². The molecule has 0 saturated carbocycles. The Morgan fingerprint density at radius 1 is 0.757 bits per heavy atom. The summed E-state index contributed by atoms with van der Waals surface area (Å²) in [5, 5.41) is 0. The molecule has 7 heteroatoms. The standard InChI is InChI=1S/C11H24O3.C10H18N2.C9H16N2/c1-11(2,3)5-6-13-9-10-14-8-7-12-4;1-10(2,3)5-4-7-12-8-6-11-9-12;1-9(2,3)5-8-6-11(4)7-10-8/h5-10H2,1-4H3;6,8-9H,4-5,7H2,1-3H3;6-7H,5H2,1-4H3. The predicted octanol–water partition coefficient (Wildman–Crippen LogP) is 6.82. The largest absolute Gasteiger partial charge is 0.382 e. The van der Waals surface area contributed by atoms with E-state index in [1.807, 2.05) is 36.7 Å². The van der Waals surface area contributed by atoms with Crippen LogP contribution in [0.1, 0.15) is 87.3 Å². The van der Waals surface area contributed by atoms with Crippen molar-refractivity contribution in [2.24, 2.45) is 23.3 Å². The third-order valence-electron chi connectivity index (χ3n) is 5.17. The highest BCUT2D eigenvalue weighted by molar-refractivity contribution is 4.98. The molecule has 0 N–H and O–H groups in total. The van der Waals surface area contributed by atoms with Gasteiger partial charge in [0.1, 0.15) is 0 Å². The number of hydrogen-bond donors (Lipinski definition) is 0. The smallest absolute Gasteiger partial charge is 0.0946 e. The van der Waals surface area contributed by atoms with Gasteiger partial charge in [-0.25, -0.2) is 9.97 Å². The molecule has 0 fully saturated rings. The zero-order chi connectivity index (χ0) is 28.4. The van der Waals surface area contributed by atoms with Crippen LogP contribution in [-0.2, 0) is 34.2 Å². The van der Waals surface area contributed by atoms with Crippen molar-refractivity contribution in [2.45, 2.75) is 94.5 Å². The maximum Gasteiger partial charge on any atom is 0.0946 e. The fourth-order valence-corrected chi connectivity index (χ4v) is 3.16. The first-order valence-electron chi connectivity index (χ1n) is 13.7. The Bertz CT molecular complexity index is 766. The highest BCUT2D eigenvalue weighted by atomic mass is 16.5. The molecule has 0 amide bonds. The lowest BCUT2D eigenvalue weighted by atomic mass is 9.91. The van der Waals surface area contributed by atoms with Gasteiger partial charge in [0.25, 0.3) is 0 Å². The van der Waals surface area contributed by atoms with Crippen LogP contribution in [0.15, 0.2) is 31.2 Å². The average Bonchev–Trinajstić information content (AvgIpc) is 3.40. The summed E-state index contributed by atoms with van der Waals surface area (Å²) in [6, 6.07) is 0. The number of hydrogen-bond acceptors (Lipinski definition) is 5. The predicted molar refractivity (Wildman–Crippen MR) is 155 cm³/mol. The summed E-state index contributed by atoms with van der Waals surface area (Å²) in [6.07, 6.45) is 14.3. The van der Waals surface area contributed by atoms with Crippen molar-refractivity contribution < 1.29 is 14.2 Å². The van der Waals surface area contributed by atoms with Gasteiger partial charge in [0.05, 0.1) is 44.8 Å². The lowest BCUT2D eigenvalue weighted by molar-refractivity contribution is 0.0194. The monoisotopic (exact) mass is 522 g/mol. The van der Waals surface area contributed by atoms with Crippen LogP contribution in [0.5, 0.6) is 0 Å². The maximum absolute atomic E-state index is 5.42. The lowest BCUT2D eigenvalue weighted by Gasteiger charge is -2.17. The molecule has 2 aromatic heterocycles. The Kier molecular flexibility index (Phi) is 17.7. The molecule has 0 radical (unpaired) electrons. The third kappa shape index (κ3) is 25.7. The fourth-order valence-electron chi connectivity index (χ4n) is 3.16. The van der Waals surface area contributed by atoms with Crippen LogP contribution >= 0.6 is 0 Å². The van der Waals surface area contributed by atoms with Crippen molar-refractivity contribution in [1.29, 1.82) is 0 Å². The van der Waals surface area contributed by atoms with Crippen molar-refractivity contribution in [3.05, 3.63) is 36.9 Å². The molecule has 0 saturated heterocycles. The minimum atomic E-state index is 0.342. The molecule has 7 nitrogen and oxygen atoms in total. The minimum absolute atomic E-state index is 0.342. The van der Waals surface area contributed by atoms with E-state index in [9.17, 15) is 0 Å². The molecule has 0 aliphatic carbocycles. The van der Waals surface area contributed by atoms with Crippen LogP contribution in [-0.4, -0.2) is 59.2 Å². The Hall–Kier alpha value is -1.70. The maximum atomic E-state index is 5.42.